The van der Waals surface area contributed by atoms with Gasteiger partial charge in [-0.25, -0.2) is 0 Å². The van der Waals surface area contributed by atoms with Crippen molar-refractivity contribution in [2.75, 3.05) is 39.4 Å². The lowest BCUT2D eigenvalue weighted by atomic mass is 9.93. The second-order valence-electron chi connectivity index (χ2n) is 6.16. The Morgan fingerprint density at radius 1 is 1.18 bits per heavy atom. The zero-order chi connectivity index (χ0) is 15.2. The number of aliphatic hydroxyl groups excluding tert-OH is 1. The van der Waals surface area contributed by atoms with E-state index in [9.17, 15) is 5.11 Å². The maximum atomic E-state index is 10.3. The van der Waals surface area contributed by atoms with Crippen LogP contribution < -0.4 is 5.32 Å². The lowest BCUT2D eigenvalue weighted by Gasteiger charge is -2.36. The van der Waals surface area contributed by atoms with E-state index in [1.807, 2.05) is 6.07 Å². The molecule has 0 aliphatic carbocycles. The molecule has 2 saturated heterocycles. The third kappa shape index (κ3) is 4.51. The molecule has 22 heavy (non-hydrogen) atoms. The van der Waals surface area contributed by atoms with Crippen LogP contribution in [0.1, 0.15) is 12.0 Å². The highest BCUT2D eigenvalue weighted by Crippen LogP contribution is 2.19. The highest BCUT2D eigenvalue weighted by atomic mass is 16.7. The van der Waals surface area contributed by atoms with E-state index in [1.54, 1.807) is 0 Å². The standard InChI is InChI=1S/C17H26N2O3/c20-16-12-19(13-17-21-8-9-22-17)7-6-15(16)11-18-10-14-4-2-1-3-5-14/h1-5,15-18,20H,6-13H2/t15-,16+/m0/s1. The molecule has 5 nitrogen and oxygen atoms in total. The van der Waals surface area contributed by atoms with Crippen LogP contribution in [0.2, 0.25) is 0 Å². The van der Waals surface area contributed by atoms with Gasteiger partial charge in [-0.15, -0.1) is 0 Å². The summed E-state index contributed by atoms with van der Waals surface area (Å²) in [5, 5.41) is 13.8. The number of aliphatic hydroxyl groups is 1. The van der Waals surface area contributed by atoms with E-state index in [0.717, 1.165) is 32.6 Å². The summed E-state index contributed by atoms with van der Waals surface area (Å²) in [5.74, 6) is 0.324. The van der Waals surface area contributed by atoms with Gasteiger partial charge in [0.25, 0.3) is 0 Å². The minimum absolute atomic E-state index is 0.111. The van der Waals surface area contributed by atoms with Gasteiger partial charge in [0, 0.05) is 26.2 Å². The number of β-amino-alcohol motifs (C(OH)–C–C–N with tert-alkyl or cyclic N) is 1. The van der Waals surface area contributed by atoms with Crippen LogP contribution in [0, 0.1) is 5.92 Å². The lowest BCUT2D eigenvalue weighted by Crippen LogP contribution is -2.49. The molecule has 0 aromatic heterocycles. The molecule has 122 valence electrons. The minimum atomic E-state index is -0.279. The van der Waals surface area contributed by atoms with E-state index in [4.69, 9.17) is 9.47 Å². The molecule has 0 radical (unpaired) electrons. The maximum Gasteiger partial charge on any atom is 0.170 e. The first-order valence-electron chi connectivity index (χ1n) is 8.19. The summed E-state index contributed by atoms with van der Waals surface area (Å²) in [7, 11) is 0. The van der Waals surface area contributed by atoms with Crippen LogP contribution in [-0.4, -0.2) is 61.8 Å². The molecule has 3 rings (SSSR count). The van der Waals surface area contributed by atoms with Crippen LogP contribution in [0.15, 0.2) is 30.3 Å². The number of piperidine rings is 1. The van der Waals surface area contributed by atoms with Gasteiger partial charge in [-0.3, -0.25) is 4.90 Å². The van der Waals surface area contributed by atoms with Gasteiger partial charge >= 0.3 is 0 Å². The summed E-state index contributed by atoms with van der Waals surface area (Å²) >= 11 is 0. The van der Waals surface area contributed by atoms with E-state index < -0.39 is 0 Å². The number of rotatable bonds is 6. The Morgan fingerprint density at radius 3 is 2.68 bits per heavy atom. The summed E-state index contributed by atoms with van der Waals surface area (Å²) < 4.78 is 10.9. The smallest absolute Gasteiger partial charge is 0.170 e. The molecule has 0 bridgehead atoms. The van der Waals surface area contributed by atoms with Gasteiger partial charge in [0.1, 0.15) is 0 Å². The molecule has 2 N–H and O–H groups in total. The van der Waals surface area contributed by atoms with E-state index >= 15 is 0 Å². The number of hydrogen-bond donors (Lipinski definition) is 2. The zero-order valence-corrected chi connectivity index (χ0v) is 13.0. The van der Waals surface area contributed by atoms with Crippen molar-refractivity contribution in [3.63, 3.8) is 0 Å². The van der Waals surface area contributed by atoms with Gasteiger partial charge in [0.15, 0.2) is 6.29 Å². The van der Waals surface area contributed by atoms with Gasteiger partial charge < -0.3 is 19.9 Å². The molecule has 2 aliphatic rings. The molecule has 2 atom stereocenters. The molecule has 0 saturated carbocycles. The molecule has 0 unspecified atom stereocenters. The number of benzene rings is 1. The Morgan fingerprint density at radius 2 is 1.95 bits per heavy atom. The topological polar surface area (TPSA) is 54.0 Å². The van der Waals surface area contributed by atoms with Crippen LogP contribution in [0.25, 0.3) is 0 Å². The van der Waals surface area contributed by atoms with Gasteiger partial charge in [-0.2, -0.15) is 0 Å². The predicted octanol–water partition coefficient (Wildman–Crippen LogP) is 0.832. The van der Waals surface area contributed by atoms with Crippen molar-refractivity contribution in [1.82, 2.24) is 10.2 Å². The second-order valence-corrected chi connectivity index (χ2v) is 6.16. The van der Waals surface area contributed by atoms with E-state index in [1.165, 1.54) is 5.56 Å². The summed E-state index contributed by atoms with van der Waals surface area (Å²) in [6, 6.07) is 10.4. The average molecular weight is 306 g/mol. The monoisotopic (exact) mass is 306 g/mol. The first kappa shape index (κ1) is 15.9. The summed E-state index contributed by atoms with van der Waals surface area (Å²) in [5.41, 5.74) is 1.28. The zero-order valence-electron chi connectivity index (χ0n) is 13.0. The molecular formula is C17H26N2O3. The molecule has 2 heterocycles. The van der Waals surface area contributed by atoms with Gasteiger partial charge in [-0.05, 0) is 24.4 Å². The van der Waals surface area contributed by atoms with Crippen LogP contribution >= 0.6 is 0 Å². The molecule has 1 aromatic carbocycles. The Labute approximate surface area is 132 Å². The Bertz CT molecular complexity index is 437. The third-order valence-corrected chi connectivity index (χ3v) is 4.48. The molecule has 1 aromatic rings. The van der Waals surface area contributed by atoms with Crippen molar-refractivity contribution in [3.05, 3.63) is 35.9 Å². The first-order valence-corrected chi connectivity index (χ1v) is 8.19. The molecule has 0 amide bonds. The third-order valence-electron chi connectivity index (χ3n) is 4.48. The molecule has 2 fully saturated rings. The van der Waals surface area contributed by atoms with Crippen LogP contribution in [0.4, 0.5) is 0 Å². The summed E-state index contributed by atoms with van der Waals surface area (Å²) in [6.45, 7) is 5.57. The van der Waals surface area contributed by atoms with E-state index in [0.29, 0.717) is 25.7 Å². The molecular weight excluding hydrogens is 280 g/mol. The lowest BCUT2D eigenvalue weighted by molar-refractivity contribution is -0.0782. The first-order chi connectivity index (χ1) is 10.8. The van der Waals surface area contributed by atoms with Crippen LogP contribution in [-0.2, 0) is 16.0 Å². The van der Waals surface area contributed by atoms with Gasteiger partial charge in [-0.1, -0.05) is 30.3 Å². The van der Waals surface area contributed by atoms with Crippen molar-refractivity contribution in [2.24, 2.45) is 5.92 Å². The number of ether oxygens (including phenoxy) is 2. The normalized spacial score (nSPS) is 27.3. The van der Waals surface area contributed by atoms with Crippen molar-refractivity contribution in [2.45, 2.75) is 25.4 Å². The SMILES string of the molecule is O[C@@H]1CN(CC2OCCO2)CC[C@H]1CNCc1ccccc1. The average Bonchev–Trinajstić information content (AvgIpc) is 3.03. The van der Waals surface area contributed by atoms with Crippen molar-refractivity contribution in [3.8, 4) is 0 Å². The molecule has 5 heteroatoms. The number of nitrogens with one attached hydrogen (secondary N) is 1. The van der Waals surface area contributed by atoms with Gasteiger partial charge in [0.2, 0.25) is 0 Å². The highest BCUT2D eigenvalue weighted by molar-refractivity contribution is 5.14. The molecule has 2 aliphatic heterocycles. The predicted molar refractivity (Wildman–Crippen MR) is 84.4 cm³/mol. The Balaban J connectivity index is 1.37. The van der Waals surface area contributed by atoms with E-state index in [-0.39, 0.29) is 12.4 Å². The fraction of sp³-hybridized carbons (Fsp3) is 0.647. The molecule has 0 spiro atoms. The Kier molecular flexibility index (Phi) is 5.81. The second kappa shape index (κ2) is 8.04. The van der Waals surface area contributed by atoms with Gasteiger partial charge in [0.05, 0.1) is 19.3 Å². The number of nitrogens with zero attached hydrogens (tertiary/aromatic N) is 1. The van der Waals surface area contributed by atoms with Crippen molar-refractivity contribution < 1.29 is 14.6 Å². The quantitative estimate of drug-likeness (QED) is 0.815. The maximum absolute atomic E-state index is 10.3. The summed E-state index contributed by atoms with van der Waals surface area (Å²) in [6.07, 6.45) is 0.619. The summed E-state index contributed by atoms with van der Waals surface area (Å²) in [4.78, 5) is 2.24. The van der Waals surface area contributed by atoms with Crippen molar-refractivity contribution >= 4 is 0 Å². The van der Waals surface area contributed by atoms with E-state index in [2.05, 4.69) is 34.5 Å². The van der Waals surface area contributed by atoms with Crippen LogP contribution in [0.5, 0.6) is 0 Å². The highest BCUT2D eigenvalue weighted by Gasteiger charge is 2.29. The largest absolute Gasteiger partial charge is 0.391 e. The minimum Gasteiger partial charge on any atom is -0.391 e. The van der Waals surface area contributed by atoms with Crippen molar-refractivity contribution in [1.29, 1.82) is 0 Å². The Hall–Kier alpha value is -0.980. The number of likely N-dealkylation sites (tertiary alicyclic amines) is 1. The fourth-order valence-electron chi connectivity index (χ4n) is 3.17. The van der Waals surface area contributed by atoms with Crippen LogP contribution in [0.3, 0.4) is 0 Å². The fourth-order valence-corrected chi connectivity index (χ4v) is 3.17. The number of hydrogen-bond acceptors (Lipinski definition) is 5.